The van der Waals surface area contributed by atoms with E-state index in [1.165, 1.54) is 12.1 Å². The molecule has 1 unspecified atom stereocenters. The standard InChI is InChI=1S/C11H15N3O3/c15-9-3-8(4-10(16)14-9)11(17)13-6-7-1-2-12-5-7/h3-4,7,12H,1-2,5-6H2,(H,13,17)(H2,14,15,16). The maximum absolute atomic E-state index is 11.7. The van der Waals surface area contributed by atoms with E-state index >= 15 is 0 Å². The van der Waals surface area contributed by atoms with Crippen molar-refractivity contribution in [1.82, 2.24) is 15.6 Å². The van der Waals surface area contributed by atoms with Crippen molar-refractivity contribution in [3.8, 4) is 5.88 Å². The first-order chi connectivity index (χ1) is 8.15. The highest BCUT2D eigenvalue weighted by atomic mass is 16.3. The molecular weight excluding hydrogens is 222 g/mol. The number of carbonyl (C=O) groups excluding carboxylic acids is 1. The second-order valence-electron chi connectivity index (χ2n) is 4.19. The van der Waals surface area contributed by atoms with Crippen molar-refractivity contribution >= 4 is 5.91 Å². The van der Waals surface area contributed by atoms with Crippen LogP contribution < -0.4 is 16.2 Å². The Morgan fingerprint density at radius 1 is 1.53 bits per heavy atom. The normalized spacial score (nSPS) is 19.2. The summed E-state index contributed by atoms with van der Waals surface area (Å²) in [4.78, 5) is 25.0. The minimum Gasteiger partial charge on any atom is -0.494 e. The van der Waals surface area contributed by atoms with Gasteiger partial charge >= 0.3 is 0 Å². The third kappa shape index (κ3) is 3.07. The SMILES string of the molecule is O=C(NCC1CCNC1)c1cc(O)[nH]c(=O)c1. The van der Waals surface area contributed by atoms with E-state index in [1.54, 1.807) is 0 Å². The third-order valence-electron chi connectivity index (χ3n) is 2.81. The first-order valence-corrected chi connectivity index (χ1v) is 5.57. The molecule has 0 bridgehead atoms. The Morgan fingerprint density at radius 2 is 2.35 bits per heavy atom. The van der Waals surface area contributed by atoms with Crippen LogP contribution in [0.4, 0.5) is 0 Å². The number of hydrogen-bond acceptors (Lipinski definition) is 4. The molecule has 0 spiro atoms. The molecule has 0 aromatic carbocycles. The van der Waals surface area contributed by atoms with E-state index in [4.69, 9.17) is 0 Å². The average molecular weight is 237 g/mol. The predicted octanol–water partition coefficient (Wildman–Crippen LogP) is -0.580. The molecule has 1 aromatic heterocycles. The van der Waals surface area contributed by atoms with Crippen LogP contribution in [0.5, 0.6) is 5.88 Å². The van der Waals surface area contributed by atoms with Crippen molar-refractivity contribution in [3.63, 3.8) is 0 Å². The second kappa shape index (κ2) is 5.01. The van der Waals surface area contributed by atoms with Gasteiger partial charge in [-0.05, 0) is 25.4 Å². The molecule has 1 saturated heterocycles. The summed E-state index contributed by atoms with van der Waals surface area (Å²) in [6.45, 7) is 2.46. The number of nitrogens with one attached hydrogen (secondary N) is 3. The highest BCUT2D eigenvalue weighted by Crippen LogP contribution is 2.07. The molecule has 6 heteroatoms. The zero-order valence-electron chi connectivity index (χ0n) is 9.32. The van der Waals surface area contributed by atoms with Gasteiger partial charge in [0.15, 0.2) is 5.88 Å². The smallest absolute Gasteiger partial charge is 0.251 e. The lowest BCUT2D eigenvalue weighted by molar-refractivity contribution is 0.0947. The molecule has 1 fully saturated rings. The number of aromatic hydroxyl groups is 1. The van der Waals surface area contributed by atoms with Gasteiger partial charge in [0, 0.05) is 18.7 Å². The summed E-state index contributed by atoms with van der Waals surface area (Å²) in [5.74, 6) is -0.196. The van der Waals surface area contributed by atoms with Gasteiger partial charge in [0.25, 0.3) is 11.5 Å². The van der Waals surface area contributed by atoms with E-state index in [2.05, 4.69) is 15.6 Å². The number of hydrogen-bond donors (Lipinski definition) is 4. The number of H-pyrrole nitrogens is 1. The van der Waals surface area contributed by atoms with Gasteiger partial charge in [0.2, 0.25) is 0 Å². The van der Waals surface area contributed by atoms with Crippen LogP contribution in [0.2, 0.25) is 0 Å². The predicted molar refractivity (Wildman–Crippen MR) is 62.0 cm³/mol. The maximum atomic E-state index is 11.7. The van der Waals surface area contributed by atoms with Crippen molar-refractivity contribution in [1.29, 1.82) is 0 Å². The number of rotatable bonds is 3. The zero-order valence-corrected chi connectivity index (χ0v) is 9.32. The summed E-state index contributed by atoms with van der Waals surface area (Å²) in [6.07, 6.45) is 1.04. The molecule has 1 amide bonds. The van der Waals surface area contributed by atoms with Gasteiger partial charge in [0.1, 0.15) is 0 Å². The van der Waals surface area contributed by atoms with Crippen LogP contribution in [0.1, 0.15) is 16.8 Å². The summed E-state index contributed by atoms with van der Waals surface area (Å²) < 4.78 is 0. The molecule has 4 N–H and O–H groups in total. The number of aromatic nitrogens is 1. The summed E-state index contributed by atoms with van der Waals surface area (Å²) in [7, 11) is 0. The van der Waals surface area contributed by atoms with Crippen LogP contribution in [0.25, 0.3) is 0 Å². The molecular formula is C11H15N3O3. The molecule has 0 saturated carbocycles. The number of pyridine rings is 1. The van der Waals surface area contributed by atoms with Crippen molar-refractivity contribution in [3.05, 3.63) is 28.0 Å². The van der Waals surface area contributed by atoms with E-state index in [0.717, 1.165) is 19.5 Å². The number of aromatic amines is 1. The summed E-state index contributed by atoms with van der Waals surface area (Å²) in [6, 6.07) is 2.41. The van der Waals surface area contributed by atoms with Gasteiger partial charge in [-0.2, -0.15) is 0 Å². The van der Waals surface area contributed by atoms with Crippen LogP contribution in [0.15, 0.2) is 16.9 Å². The Kier molecular flexibility index (Phi) is 3.43. The monoisotopic (exact) mass is 237 g/mol. The Bertz CT molecular complexity index is 463. The van der Waals surface area contributed by atoms with Crippen LogP contribution in [-0.4, -0.2) is 35.6 Å². The largest absolute Gasteiger partial charge is 0.494 e. The van der Waals surface area contributed by atoms with Gasteiger partial charge in [0.05, 0.1) is 5.56 Å². The minimum atomic E-state index is -0.488. The molecule has 2 heterocycles. The molecule has 2 rings (SSSR count). The van der Waals surface area contributed by atoms with Gasteiger partial charge in [-0.15, -0.1) is 0 Å². The molecule has 0 aliphatic carbocycles. The van der Waals surface area contributed by atoms with Crippen molar-refractivity contribution < 1.29 is 9.90 Å². The topological polar surface area (TPSA) is 94.2 Å². The van der Waals surface area contributed by atoms with Crippen LogP contribution in [0.3, 0.4) is 0 Å². The summed E-state index contributed by atoms with van der Waals surface area (Å²) in [5, 5.41) is 15.1. The first-order valence-electron chi connectivity index (χ1n) is 5.57. The second-order valence-corrected chi connectivity index (χ2v) is 4.19. The lowest BCUT2D eigenvalue weighted by Gasteiger charge is -2.09. The average Bonchev–Trinajstić information content (AvgIpc) is 2.77. The molecule has 1 aliphatic rings. The van der Waals surface area contributed by atoms with E-state index in [0.29, 0.717) is 12.5 Å². The zero-order chi connectivity index (χ0) is 12.3. The van der Waals surface area contributed by atoms with Gasteiger partial charge in [-0.1, -0.05) is 0 Å². The van der Waals surface area contributed by atoms with E-state index in [-0.39, 0.29) is 17.4 Å². The Hall–Kier alpha value is -1.82. The Labute approximate surface area is 98.1 Å². The number of amides is 1. The van der Waals surface area contributed by atoms with Crippen molar-refractivity contribution in [2.24, 2.45) is 5.92 Å². The summed E-state index contributed by atoms with van der Waals surface area (Å²) in [5.41, 5.74) is -0.310. The third-order valence-corrected chi connectivity index (χ3v) is 2.81. The molecule has 1 aliphatic heterocycles. The molecule has 6 nitrogen and oxygen atoms in total. The van der Waals surface area contributed by atoms with Crippen LogP contribution >= 0.6 is 0 Å². The Balaban J connectivity index is 1.96. The van der Waals surface area contributed by atoms with Crippen molar-refractivity contribution in [2.45, 2.75) is 6.42 Å². The highest BCUT2D eigenvalue weighted by molar-refractivity contribution is 5.94. The highest BCUT2D eigenvalue weighted by Gasteiger charge is 2.16. The fraction of sp³-hybridized carbons (Fsp3) is 0.455. The minimum absolute atomic E-state index is 0.178. The van der Waals surface area contributed by atoms with Gasteiger partial charge in [-0.25, -0.2) is 0 Å². The lowest BCUT2D eigenvalue weighted by Crippen LogP contribution is -2.30. The molecule has 1 aromatic rings. The first kappa shape index (κ1) is 11.7. The molecule has 0 radical (unpaired) electrons. The van der Waals surface area contributed by atoms with Crippen LogP contribution in [0, 0.1) is 5.92 Å². The van der Waals surface area contributed by atoms with E-state index < -0.39 is 5.56 Å². The Morgan fingerprint density at radius 3 is 3.00 bits per heavy atom. The molecule has 92 valence electrons. The lowest BCUT2D eigenvalue weighted by atomic mass is 10.1. The maximum Gasteiger partial charge on any atom is 0.251 e. The number of carbonyl (C=O) groups is 1. The van der Waals surface area contributed by atoms with E-state index in [9.17, 15) is 14.7 Å². The summed E-state index contributed by atoms with van der Waals surface area (Å²) >= 11 is 0. The van der Waals surface area contributed by atoms with Gasteiger partial charge in [-0.3, -0.25) is 14.6 Å². The van der Waals surface area contributed by atoms with Gasteiger partial charge < -0.3 is 15.7 Å². The molecule has 1 atom stereocenters. The fourth-order valence-electron chi connectivity index (χ4n) is 1.89. The van der Waals surface area contributed by atoms with Crippen LogP contribution in [-0.2, 0) is 0 Å². The van der Waals surface area contributed by atoms with Crippen molar-refractivity contribution in [2.75, 3.05) is 19.6 Å². The fourth-order valence-corrected chi connectivity index (χ4v) is 1.89. The molecule has 17 heavy (non-hydrogen) atoms. The van der Waals surface area contributed by atoms with E-state index in [1.807, 2.05) is 0 Å². The quantitative estimate of drug-likeness (QED) is 0.565.